The fraction of sp³-hybridized carbons (Fsp3) is 0.615. The van der Waals surface area contributed by atoms with Crippen LogP contribution in [0.2, 0.25) is 0 Å². The standard InChI is InChI=1S/C13H19N5O.ClH/c14-12(19)9-1-5-18(6-2-9)13-11(10-7-15-8-10)16-3-4-17-13;/h3-4,9-10,15H,1-2,5-8H2,(H2,14,19);1H. The summed E-state index contributed by atoms with van der Waals surface area (Å²) in [6.45, 7) is 3.62. The molecule has 0 bridgehead atoms. The van der Waals surface area contributed by atoms with Crippen molar-refractivity contribution in [3.05, 3.63) is 18.1 Å². The summed E-state index contributed by atoms with van der Waals surface area (Å²) in [6, 6.07) is 0. The van der Waals surface area contributed by atoms with Gasteiger partial charge in [0.2, 0.25) is 5.91 Å². The highest BCUT2D eigenvalue weighted by atomic mass is 35.5. The molecule has 1 aromatic heterocycles. The zero-order chi connectivity index (χ0) is 13.2. The maximum absolute atomic E-state index is 11.2. The number of piperidine rings is 1. The predicted octanol–water partition coefficient (Wildman–Crippen LogP) is 0.287. The van der Waals surface area contributed by atoms with Crippen LogP contribution in [0.25, 0.3) is 0 Å². The van der Waals surface area contributed by atoms with E-state index in [2.05, 4.69) is 20.2 Å². The normalized spacial score (nSPS) is 20.1. The largest absolute Gasteiger partial charge is 0.369 e. The highest BCUT2D eigenvalue weighted by Gasteiger charge is 2.29. The van der Waals surface area contributed by atoms with E-state index in [1.165, 1.54) is 0 Å². The molecule has 0 spiro atoms. The number of nitrogens with one attached hydrogen (secondary N) is 1. The van der Waals surface area contributed by atoms with Gasteiger partial charge >= 0.3 is 0 Å². The summed E-state index contributed by atoms with van der Waals surface area (Å²) in [5.41, 5.74) is 6.45. The number of hydrogen-bond donors (Lipinski definition) is 2. The number of amides is 1. The molecule has 3 heterocycles. The molecular formula is C13H20ClN5O. The van der Waals surface area contributed by atoms with Crippen LogP contribution >= 0.6 is 12.4 Å². The van der Waals surface area contributed by atoms with Crippen molar-refractivity contribution < 1.29 is 4.79 Å². The van der Waals surface area contributed by atoms with Gasteiger partial charge in [-0.25, -0.2) is 4.98 Å². The first-order valence-electron chi connectivity index (χ1n) is 6.81. The summed E-state index contributed by atoms with van der Waals surface area (Å²) in [7, 11) is 0. The fourth-order valence-corrected chi connectivity index (χ4v) is 2.73. The summed E-state index contributed by atoms with van der Waals surface area (Å²) in [5.74, 6) is 1.29. The maximum Gasteiger partial charge on any atom is 0.220 e. The van der Waals surface area contributed by atoms with E-state index in [1.54, 1.807) is 12.4 Å². The van der Waals surface area contributed by atoms with E-state index >= 15 is 0 Å². The van der Waals surface area contributed by atoms with Crippen molar-refractivity contribution >= 4 is 24.1 Å². The van der Waals surface area contributed by atoms with Crippen LogP contribution in [0.5, 0.6) is 0 Å². The number of carbonyl (C=O) groups is 1. The molecular weight excluding hydrogens is 278 g/mol. The topological polar surface area (TPSA) is 84.1 Å². The highest BCUT2D eigenvalue weighted by molar-refractivity contribution is 5.85. The second kappa shape index (κ2) is 6.37. The Morgan fingerprint density at radius 1 is 1.25 bits per heavy atom. The highest BCUT2D eigenvalue weighted by Crippen LogP contribution is 2.29. The number of carbonyl (C=O) groups excluding carboxylic acids is 1. The molecule has 2 fully saturated rings. The van der Waals surface area contributed by atoms with Crippen LogP contribution in [0.3, 0.4) is 0 Å². The van der Waals surface area contributed by atoms with Crippen molar-refractivity contribution in [2.45, 2.75) is 18.8 Å². The Labute approximate surface area is 124 Å². The van der Waals surface area contributed by atoms with Gasteiger partial charge in [0, 0.05) is 50.4 Å². The summed E-state index contributed by atoms with van der Waals surface area (Å²) in [6.07, 6.45) is 5.13. The first kappa shape index (κ1) is 15.0. The van der Waals surface area contributed by atoms with Crippen molar-refractivity contribution in [2.24, 2.45) is 11.7 Å². The predicted molar refractivity (Wildman–Crippen MR) is 79.0 cm³/mol. The van der Waals surface area contributed by atoms with Gasteiger partial charge in [-0.1, -0.05) is 0 Å². The summed E-state index contributed by atoms with van der Waals surface area (Å²) >= 11 is 0. The van der Waals surface area contributed by atoms with E-state index in [0.717, 1.165) is 50.5 Å². The third kappa shape index (κ3) is 2.86. The Hall–Kier alpha value is -1.40. The molecule has 110 valence electrons. The lowest BCUT2D eigenvalue weighted by Crippen LogP contribution is -2.43. The van der Waals surface area contributed by atoms with Crippen LogP contribution in [0.1, 0.15) is 24.5 Å². The number of anilines is 1. The number of nitrogens with zero attached hydrogens (tertiary/aromatic N) is 3. The molecule has 3 rings (SSSR count). The molecule has 3 N–H and O–H groups in total. The minimum absolute atomic E-state index is 0. The first-order chi connectivity index (χ1) is 9.25. The average molecular weight is 298 g/mol. The Morgan fingerprint density at radius 2 is 1.90 bits per heavy atom. The number of aromatic nitrogens is 2. The second-order valence-corrected chi connectivity index (χ2v) is 5.28. The van der Waals surface area contributed by atoms with Crippen molar-refractivity contribution in [1.82, 2.24) is 15.3 Å². The molecule has 0 aromatic carbocycles. The van der Waals surface area contributed by atoms with Crippen molar-refractivity contribution in [3.63, 3.8) is 0 Å². The van der Waals surface area contributed by atoms with Gasteiger partial charge in [0.05, 0.1) is 5.69 Å². The monoisotopic (exact) mass is 297 g/mol. The van der Waals surface area contributed by atoms with E-state index in [-0.39, 0.29) is 24.2 Å². The van der Waals surface area contributed by atoms with Gasteiger partial charge in [-0.2, -0.15) is 0 Å². The lowest BCUT2D eigenvalue weighted by molar-refractivity contribution is -0.122. The van der Waals surface area contributed by atoms with Crippen molar-refractivity contribution in [3.8, 4) is 0 Å². The van der Waals surface area contributed by atoms with E-state index in [0.29, 0.717) is 5.92 Å². The zero-order valence-electron chi connectivity index (χ0n) is 11.3. The molecule has 0 radical (unpaired) electrons. The molecule has 2 aliphatic rings. The average Bonchev–Trinajstić information content (AvgIpc) is 2.37. The van der Waals surface area contributed by atoms with Crippen LogP contribution in [0.4, 0.5) is 5.82 Å². The minimum atomic E-state index is -0.179. The molecule has 1 aromatic rings. The molecule has 2 saturated heterocycles. The van der Waals surface area contributed by atoms with Crippen LogP contribution in [0, 0.1) is 5.92 Å². The number of rotatable bonds is 3. The van der Waals surface area contributed by atoms with Gasteiger partial charge < -0.3 is 16.0 Å². The number of hydrogen-bond acceptors (Lipinski definition) is 5. The van der Waals surface area contributed by atoms with E-state index in [9.17, 15) is 4.79 Å². The van der Waals surface area contributed by atoms with Gasteiger partial charge in [0.15, 0.2) is 5.82 Å². The minimum Gasteiger partial charge on any atom is -0.369 e. The van der Waals surface area contributed by atoms with Gasteiger partial charge in [0.1, 0.15) is 0 Å². The third-order valence-electron chi connectivity index (χ3n) is 4.07. The Bertz CT molecular complexity index is 472. The maximum atomic E-state index is 11.2. The molecule has 0 saturated carbocycles. The smallest absolute Gasteiger partial charge is 0.220 e. The molecule has 20 heavy (non-hydrogen) atoms. The number of primary amides is 1. The Kier molecular flexibility index (Phi) is 4.77. The second-order valence-electron chi connectivity index (χ2n) is 5.28. The Morgan fingerprint density at radius 3 is 2.45 bits per heavy atom. The van der Waals surface area contributed by atoms with E-state index in [1.807, 2.05) is 0 Å². The molecule has 2 aliphatic heterocycles. The number of halogens is 1. The summed E-state index contributed by atoms with van der Waals surface area (Å²) in [5, 5.41) is 3.26. The lowest BCUT2D eigenvalue weighted by Gasteiger charge is -2.35. The van der Waals surface area contributed by atoms with Gasteiger partial charge in [-0.15, -0.1) is 12.4 Å². The van der Waals surface area contributed by atoms with Crippen molar-refractivity contribution in [1.29, 1.82) is 0 Å². The quantitative estimate of drug-likeness (QED) is 0.837. The first-order valence-corrected chi connectivity index (χ1v) is 6.81. The SMILES string of the molecule is Cl.NC(=O)C1CCN(c2nccnc2C2CNC2)CC1. The summed E-state index contributed by atoms with van der Waals surface area (Å²) < 4.78 is 0. The van der Waals surface area contributed by atoms with Gasteiger partial charge in [0.25, 0.3) is 0 Å². The summed E-state index contributed by atoms with van der Waals surface area (Å²) in [4.78, 5) is 22.4. The van der Waals surface area contributed by atoms with Gasteiger partial charge in [-0.3, -0.25) is 9.78 Å². The third-order valence-corrected chi connectivity index (χ3v) is 4.07. The Balaban J connectivity index is 0.00000147. The lowest BCUT2D eigenvalue weighted by atomic mass is 9.94. The zero-order valence-corrected chi connectivity index (χ0v) is 12.1. The fourth-order valence-electron chi connectivity index (χ4n) is 2.73. The van der Waals surface area contributed by atoms with Crippen LogP contribution < -0.4 is 16.0 Å². The molecule has 6 nitrogen and oxygen atoms in total. The molecule has 0 atom stereocenters. The van der Waals surface area contributed by atoms with Crippen LogP contribution in [-0.4, -0.2) is 42.1 Å². The molecule has 1 amide bonds. The molecule has 7 heteroatoms. The van der Waals surface area contributed by atoms with Crippen LogP contribution in [-0.2, 0) is 4.79 Å². The van der Waals surface area contributed by atoms with E-state index in [4.69, 9.17) is 5.73 Å². The number of nitrogens with two attached hydrogens (primary N) is 1. The van der Waals surface area contributed by atoms with Crippen LogP contribution in [0.15, 0.2) is 12.4 Å². The van der Waals surface area contributed by atoms with Gasteiger partial charge in [-0.05, 0) is 12.8 Å². The van der Waals surface area contributed by atoms with E-state index < -0.39 is 0 Å². The molecule has 0 unspecified atom stereocenters. The molecule has 0 aliphatic carbocycles. The van der Waals surface area contributed by atoms with Crippen molar-refractivity contribution in [2.75, 3.05) is 31.1 Å².